The van der Waals surface area contributed by atoms with E-state index in [4.69, 9.17) is 9.47 Å². The molecular weight excluding hydrogens is 302 g/mol. The third-order valence-electron chi connectivity index (χ3n) is 3.39. The molecule has 0 fully saturated rings. The number of methoxy groups -OCH3 is 1. The van der Waals surface area contributed by atoms with E-state index < -0.39 is 0 Å². The highest BCUT2D eigenvalue weighted by Crippen LogP contribution is 2.25. The molecule has 0 aromatic heterocycles. The standard InChI is InChI=1S/C20H23NO3/c1-4-13-24-17-9-6-16(7-10-17)8-12-20(22)21-18-14-15(2)5-11-19(18)23-3/h5-12,14H,4,13H2,1-3H3,(H,21,22). The van der Waals surface area contributed by atoms with Crippen molar-refractivity contribution < 1.29 is 14.3 Å². The van der Waals surface area contributed by atoms with Crippen LogP contribution >= 0.6 is 0 Å². The summed E-state index contributed by atoms with van der Waals surface area (Å²) in [6, 6.07) is 13.3. The molecule has 0 radical (unpaired) electrons. The molecule has 0 unspecified atom stereocenters. The van der Waals surface area contributed by atoms with Crippen LogP contribution in [0.1, 0.15) is 24.5 Å². The number of amides is 1. The quantitative estimate of drug-likeness (QED) is 0.765. The highest BCUT2D eigenvalue weighted by molar-refractivity contribution is 6.02. The molecule has 126 valence electrons. The molecule has 4 heteroatoms. The minimum absolute atomic E-state index is 0.204. The van der Waals surface area contributed by atoms with Crippen LogP contribution in [0.15, 0.2) is 48.5 Å². The van der Waals surface area contributed by atoms with E-state index in [2.05, 4.69) is 12.2 Å². The lowest BCUT2D eigenvalue weighted by atomic mass is 10.2. The van der Waals surface area contributed by atoms with E-state index in [1.165, 1.54) is 6.08 Å². The van der Waals surface area contributed by atoms with E-state index in [1.54, 1.807) is 13.2 Å². The third-order valence-corrected chi connectivity index (χ3v) is 3.39. The summed E-state index contributed by atoms with van der Waals surface area (Å²) < 4.78 is 10.8. The summed E-state index contributed by atoms with van der Waals surface area (Å²) >= 11 is 0. The van der Waals surface area contributed by atoms with Gasteiger partial charge in [-0.05, 0) is 54.8 Å². The van der Waals surface area contributed by atoms with Crippen molar-refractivity contribution in [2.75, 3.05) is 19.0 Å². The van der Waals surface area contributed by atoms with Gasteiger partial charge in [0.25, 0.3) is 0 Å². The average molecular weight is 325 g/mol. The Morgan fingerprint density at radius 3 is 2.58 bits per heavy atom. The summed E-state index contributed by atoms with van der Waals surface area (Å²) in [5, 5.41) is 2.84. The second-order valence-corrected chi connectivity index (χ2v) is 5.44. The van der Waals surface area contributed by atoms with E-state index in [1.807, 2.05) is 49.4 Å². The predicted octanol–water partition coefficient (Wildman–Crippen LogP) is 4.44. The van der Waals surface area contributed by atoms with Crippen LogP contribution < -0.4 is 14.8 Å². The number of rotatable bonds is 7. The van der Waals surface area contributed by atoms with E-state index in [9.17, 15) is 4.79 Å². The molecule has 0 heterocycles. The molecule has 0 spiro atoms. The van der Waals surface area contributed by atoms with E-state index >= 15 is 0 Å². The van der Waals surface area contributed by atoms with Gasteiger partial charge in [0.15, 0.2) is 0 Å². The minimum Gasteiger partial charge on any atom is -0.495 e. The molecule has 2 aromatic carbocycles. The molecule has 0 bridgehead atoms. The molecule has 2 rings (SSSR count). The van der Waals surface area contributed by atoms with Gasteiger partial charge in [0.1, 0.15) is 11.5 Å². The molecule has 0 aliphatic carbocycles. The number of aryl methyl sites for hydroxylation is 1. The van der Waals surface area contributed by atoms with Crippen molar-refractivity contribution in [2.24, 2.45) is 0 Å². The van der Waals surface area contributed by atoms with Gasteiger partial charge in [-0.25, -0.2) is 0 Å². The predicted molar refractivity (Wildman–Crippen MR) is 97.6 cm³/mol. The van der Waals surface area contributed by atoms with Crippen LogP contribution in [-0.2, 0) is 4.79 Å². The number of anilines is 1. The first-order chi connectivity index (χ1) is 11.6. The second-order valence-electron chi connectivity index (χ2n) is 5.44. The molecule has 0 saturated heterocycles. The Bertz CT molecular complexity index is 705. The Balaban J connectivity index is 1.99. The van der Waals surface area contributed by atoms with Gasteiger partial charge < -0.3 is 14.8 Å². The minimum atomic E-state index is -0.204. The summed E-state index contributed by atoms with van der Waals surface area (Å²) in [4.78, 5) is 12.1. The third kappa shape index (κ3) is 5.16. The Morgan fingerprint density at radius 2 is 1.92 bits per heavy atom. The molecule has 1 N–H and O–H groups in total. The zero-order chi connectivity index (χ0) is 17.4. The molecule has 2 aromatic rings. The lowest BCUT2D eigenvalue weighted by Gasteiger charge is -2.09. The summed E-state index contributed by atoms with van der Waals surface area (Å²) in [6.07, 6.45) is 4.25. The molecule has 1 amide bonds. The normalized spacial score (nSPS) is 10.6. The second kappa shape index (κ2) is 8.77. The fraction of sp³-hybridized carbons (Fsp3) is 0.250. The first-order valence-corrected chi connectivity index (χ1v) is 7.99. The number of carbonyl (C=O) groups excluding carboxylic acids is 1. The number of ether oxygens (including phenoxy) is 2. The summed E-state index contributed by atoms with van der Waals surface area (Å²) in [6.45, 7) is 4.74. The van der Waals surface area contributed by atoms with Gasteiger partial charge in [0.2, 0.25) is 5.91 Å². The molecule has 4 nitrogen and oxygen atoms in total. The number of nitrogens with one attached hydrogen (secondary N) is 1. The smallest absolute Gasteiger partial charge is 0.248 e. The van der Waals surface area contributed by atoms with E-state index in [-0.39, 0.29) is 5.91 Å². The molecular formula is C20H23NO3. The number of hydrogen-bond donors (Lipinski definition) is 1. The Hall–Kier alpha value is -2.75. The SMILES string of the molecule is CCCOc1ccc(C=CC(=O)Nc2cc(C)ccc2OC)cc1. The number of carbonyl (C=O) groups is 1. The van der Waals surface area contributed by atoms with Crippen LogP contribution in [0.25, 0.3) is 6.08 Å². The van der Waals surface area contributed by atoms with Crippen molar-refractivity contribution in [3.63, 3.8) is 0 Å². The van der Waals surface area contributed by atoms with Crippen molar-refractivity contribution in [3.05, 3.63) is 59.7 Å². The monoisotopic (exact) mass is 325 g/mol. The maximum absolute atomic E-state index is 12.1. The van der Waals surface area contributed by atoms with Crippen molar-refractivity contribution in [1.29, 1.82) is 0 Å². The number of hydrogen-bond acceptors (Lipinski definition) is 3. The fourth-order valence-electron chi connectivity index (χ4n) is 2.16. The Kier molecular flexibility index (Phi) is 6.43. The lowest BCUT2D eigenvalue weighted by molar-refractivity contribution is -0.111. The summed E-state index contributed by atoms with van der Waals surface area (Å²) in [5.41, 5.74) is 2.65. The van der Waals surface area contributed by atoms with Crippen LogP contribution in [-0.4, -0.2) is 19.6 Å². The first kappa shape index (κ1) is 17.6. The van der Waals surface area contributed by atoms with E-state index in [0.29, 0.717) is 18.0 Å². The van der Waals surface area contributed by atoms with Gasteiger partial charge in [-0.1, -0.05) is 25.1 Å². The zero-order valence-electron chi connectivity index (χ0n) is 14.3. The van der Waals surface area contributed by atoms with Crippen LogP contribution in [0.2, 0.25) is 0 Å². The molecule has 24 heavy (non-hydrogen) atoms. The van der Waals surface area contributed by atoms with Crippen molar-refractivity contribution in [3.8, 4) is 11.5 Å². The topological polar surface area (TPSA) is 47.6 Å². The van der Waals surface area contributed by atoms with Gasteiger partial charge in [-0.3, -0.25) is 4.79 Å². The molecule has 0 aliphatic rings. The molecule has 0 atom stereocenters. The molecule has 0 aliphatic heterocycles. The molecule has 0 saturated carbocycles. The Morgan fingerprint density at radius 1 is 1.17 bits per heavy atom. The summed E-state index contributed by atoms with van der Waals surface area (Å²) in [7, 11) is 1.58. The lowest BCUT2D eigenvalue weighted by Crippen LogP contribution is -2.09. The van der Waals surface area contributed by atoms with Gasteiger partial charge in [0, 0.05) is 6.08 Å². The van der Waals surface area contributed by atoms with Crippen LogP contribution in [0.4, 0.5) is 5.69 Å². The van der Waals surface area contributed by atoms with Crippen LogP contribution in [0.3, 0.4) is 0 Å². The summed E-state index contributed by atoms with van der Waals surface area (Å²) in [5.74, 6) is 1.27. The largest absolute Gasteiger partial charge is 0.495 e. The Labute approximate surface area is 143 Å². The van der Waals surface area contributed by atoms with Crippen molar-refractivity contribution in [2.45, 2.75) is 20.3 Å². The maximum Gasteiger partial charge on any atom is 0.248 e. The first-order valence-electron chi connectivity index (χ1n) is 7.99. The van der Waals surface area contributed by atoms with E-state index in [0.717, 1.165) is 23.3 Å². The van der Waals surface area contributed by atoms with Crippen LogP contribution in [0, 0.1) is 6.92 Å². The van der Waals surface area contributed by atoms with Gasteiger partial charge >= 0.3 is 0 Å². The zero-order valence-corrected chi connectivity index (χ0v) is 14.3. The average Bonchev–Trinajstić information content (AvgIpc) is 2.59. The van der Waals surface area contributed by atoms with Crippen LogP contribution in [0.5, 0.6) is 11.5 Å². The van der Waals surface area contributed by atoms with Gasteiger partial charge in [-0.15, -0.1) is 0 Å². The van der Waals surface area contributed by atoms with Gasteiger partial charge in [0.05, 0.1) is 19.4 Å². The highest BCUT2D eigenvalue weighted by Gasteiger charge is 2.05. The van der Waals surface area contributed by atoms with Crippen molar-refractivity contribution >= 4 is 17.7 Å². The highest BCUT2D eigenvalue weighted by atomic mass is 16.5. The number of benzene rings is 2. The maximum atomic E-state index is 12.1. The van der Waals surface area contributed by atoms with Gasteiger partial charge in [-0.2, -0.15) is 0 Å². The van der Waals surface area contributed by atoms with Crippen molar-refractivity contribution in [1.82, 2.24) is 0 Å². The fourth-order valence-corrected chi connectivity index (χ4v) is 2.16.